The fourth-order valence-corrected chi connectivity index (χ4v) is 1.99. The van der Waals surface area contributed by atoms with Crippen LogP contribution in [0.3, 0.4) is 0 Å². The van der Waals surface area contributed by atoms with Gasteiger partial charge in [0.1, 0.15) is 0 Å². The highest BCUT2D eigenvalue weighted by Crippen LogP contribution is 2.24. The Labute approximate surface area is 93.8 Å². The van der Waals surface area contributed by atoms with E-state index in [1.165, 1.54) is 5.56 Å². The number of rotatable bonds is 3. The van der Waals surface area contributed by atoms with Crippen molar-refractivity contribution in [2.24, 2.45) is 5.73 Å². The molecular formula is C11H14ClN3. The van der Waals surface area contributed by atoms with E-state index >= 15 is 0 Å². The second kappa shape index (κ2) is 4.21. The number of hydrogen-bond donors (Lipinski definition) is 1. The van der Waals surface area contributed by atoms with Crippen LogP contribution in [-0.4, -0.2) is 16.3 Å². The van der Waals surface area contributed by atoms with Gasteiger partial charge in [0.25, 0.3) is 0 Å². The molecule has 0 aliphatic carbocycles. The maximum absolute atomic E-state index is 6.07. The van der Waals surface area contributed by atoms with Crippen molar-refractivity contribution in [2.45, 2.75) is 19.9 Å². The molecule has 1 aromatic carbocycles. The minimum atomic E-state index is 0.575. The Morgan fingerprint density at radius 2 is 2.27 bits per heavy atom. The van der Waals surface area contributed by atoms with Crippen LogP contribution in [0.25, 0.3) is 10.9 Å². The number of aryl methyl sites for hydroxylation is 1. The maximum atomic E-state index is 6.07. The van der Waals surface area contributed by atoms with E-state index in [4.69, 9.17) is 17.3 Å². The molecule has 0 unspecified atom stereocenters. The number of benzene rings is 1. The summed E-state index contributed by atoms with van der Waals surface area (Å²) in [5.41, 5.74) is 7.82. The summed E-state index contributed by atoms with van der Waals surface area (Å²) < 4.78 is 1.91. The number of halogens is 1. The van der Waals surface area contributed by atoms with Crippen LogP contribution in [0.1, 0.15) is 12.5 Å². The normalized spacial score (nSPS) is 11.1. The lowest BCUT2D eigenvalue weighted by molar-refractivity contribution is 0.684. The molecule has 2 N–H and O–H groups in total. The Hall–Kier alpha value is -1.06. The maximum Gasteiger partial charge on any atom is 0.158 e. The SMILES string of the molecule is CCn1nc(Cl)c2cc(CCN)ccc21. The van der Waals surface area contributed by atoms with Crippen LogP contribution in [-0.2, 0) is 13.0 Å². The van der Waals surface area contributed by atoms with Crippen LogP contribution in [0.4, 0.5) is 0 Å². The molecule has 0 spiro atoms. The second-order valence-corrected chi connectivity index (χ2v) is 3.85. The van der Waals surface area contributed by atoms with Crippen LogP contribution < -0.4 is 5.73 Å². The van der Waals surface area contributed by atoms with Crippen LogP contribution in [0.5, 0.6) is 0 Å². The Kier molecular flexibility index (Phi) is 2.93. The topological polar surface area (TPSA) is 43.8 Å². The number of aromatic nitrogens is 2. The molecule has 0 saturated heterocycles. The third-order valence-corrected chi connectivity index (χ3v) is 2.78. The number of hydrogen-bond acceptors (Lipinski definition) is 2. The largest absolute Gasteiger partial charge is 0.330 e. The highest BCUT2D eigenvalue weighted by Gasteiger charge is 2.07. The van der Waals surface area contributed by atoms with Crippen molar-refractivity contribution in [1.29, 1.82) is 0 Å². The third-order valence-electron chi connectivity index (χ3n) is 2.50. The van der Waals surface area contributed by atoms with Crippen LogP contribution in [0.2, 0.25) is 5.15 Å². The zero-order valence-electron chi connectivity index (χ0n) is 8.70. The van der Waals surface area contributed by atoms with Crippen LogP contribution in [0, 0.1) is 0 Å². The van der Waals surface area contributed by atoms with E-state index < -0.39 is 0 Å². The van der Waals surface area contributed by atoms with E-state index in [9.17, 15) is 0 Å². The van der Waals surface area contributed by atoms with Gasteiger partial charge in [0.2, 0.25) is 0 Å². The second-order valence-electron chi connectivity index (χ2n) is 3.50. The van der Waals surface area contributed by atoms with Gasteiger partial charge in [0.15, 0.2) is 5.15 Å². The fourth-order valence-electron chi connectivity index (χ4n) is 1.75. The molecule has 0 radical (unpaired) electrons. The van der Waals surface area contributed by atoms with Gasteiger partial charge in [-0.05, 0) is 37.6 Å². The Balaban J connectivity index is 2.56. The van der Waals surface area contributed by atoms with Crippen molar-refractivity contribution in [3.8, 4) is 0 Å². The van der Waals surface area contributed by atoms with Crippen molar-refractivity contribution in [3.63, 3.8) is 0 Å². The van der Waals surface area contributed by atoms with E-state index in [-0.39, 0.29) is 0 Å². The van der Waals surface area contributed by atoms with Gasteiger partial charge in [-0.3, -0.25) is 4.68 Å². The minimum Gasteiger partial charge on any atom is -0.330 e. The van der Waals surface area contributed by atoms with E-state index in [2.05, 4.69) is 30.2 Å². The van der Waals surface area contributed by atoms with Gasteiger partial charge in [-0.1, -0.05) is 17.7 Å². The first-order valence-corrected chi connectivity index (χ1v) is 5.49. The summed E-state index contributed by atoms with van der Waals surface area (Å²) in [4.78, 5) is 0. The molecule has 80 valence electrons. The first kappa shape index (κ1) is 10.5. The molecule has 0 bridgehead atoms. The van der Waals surface area contributed by atoms with Crippen molar-refractivity contribution in [1.82, 2.24) is 9.78 Å². The lowest BCUT2D eigenvalue weighted by Gasteiger charge is -2.00. The average molecular weight is 224 g/mol. The molecule has 0 amide bonds. The summed E-state index contributed by atoms with van der Waals surface area (Å²) in [6.07, 6.45) is 0.879. The molecule has 2 aromatic rings. The van der Waals surface area contributed by atoms with Gasteiger partial charge in [0, 0.05) is 11.9 Å². The molecule has 0 atom stereocenters. The Morgan fingerprint density at radius 1 is 1.47 bits per heavy atom. The van der Waals surface area contributed by atoms with Crippen LogP contribution >= 0.6 is 11.6 Å². The molecule has 1 heterocycles. The first-order chi connectivity index (χ1) is 7.26. The predicted molar refractivity (Wildman–Crippen MR) is 63.2 cm³/mol. The van der Waals surface area contributed by atoms with Crippen molar-refractivity contribution >= 4 is 22.5 Å². The van der Waals surface area contributed by atoms with E-state index in [0.717, 1.165) is 23.9 Å². The smallest absolute Gasteiger partial charge is 0.158 e. The van der Waals surface area contributed by atoms with Crippen molar-refractivity contribution < 1.29 is 0 Å². The van der Waals surface area contributed by atoms with Gasteiger partial charge >= 0.3 is 0 Å². The summed E-state index contributed by atoms with van der Waals surface area (Å²) >= 11 is 6.07. The molecule has 0 aliphatic heterocycles. The highest BCUT2D eigenvalue weighted by molar-refractivity contribution is 6.34. The molecule has 15 heavy (non-hydrogen) atoms. The third kappa shape index (κ3) is 1.85. The molecule has 2 rings (SSSR count). The molecular weight excluding hydrogens is 210 g/mol. The quantitative estimate of drug-likeness (QED) is 0.867. The van der Waals surface area contributed by atoms with E-state index in [1.54, 1.807) is 0 Å². The molecule has 0 fully saturated rings. The fraction of sp³-hybridized carbons (Fsp3) is 0.364. The molecule has 1 aromatic heterocycles. The predicted octanol–water partition coefficient (Wildman–Crippen LogP) is 2.21. The lowest BCUT2D eigenvalue weighted by atomic mass is 10.1. The monoisotopic (exact) mass is 223 g/mol. The standard InChI is InChI=1S/C11H14ClN3/c1-2-15-10-4-3-8(5-6-13)7-9(10)11(12)14-15/h3-4,7H,2,5-6,13H2,1H3. The Bertz CT molecular complexity index is 476. The summed E-state index contributed by atoms with van der Waals surface area (Å²) in [7, 11) is 0. The first-order valence-electron chi connectivity index (χ1n) is 5.11. The van der Waals surface area contributed by atoms with E-state index in [1.807, 2.05) is 4.68 Å². The molecule has 4 heteroatoms. The van der Waals surface area contributed by atoms with Gasteiger partial charge < -0.3 is 5.73 Å². The van der Waals surface area contributed by atoms with Crippen molar-refractivity contribution in [3.05, 3.63) is 28.9 Å². The number of nitrogens with zero attached hydrogens (tertiary/aromatic N) is 2. The number of fused-ring (bicyclic) bond motifs is 1. The summed E-state index contributed by atoms with van der Waals surface area (Å²) in [6, 6.07) is 6.21. The van der Waals surface area contributed by atoms with Crippen molar-refractivity contribution in [2.75, 3.05) is 6.54 Å². The zero-order chi connectivity index (χ0) is 10.8. The molecule has 3 nitrogen and oxygen atoms in total. The van der Waals surface area contributed by atoms with Gasteiger partial charge in [-0.15, -0.1) is 0 Å². The minimum absolute atomic E-state index is 0.575. The van der Waals surface area contributed by atoms with Crippen LogP contribution in [0.15, 0.2) is 18.2 Å². The Morgan fingerprint density at radius 3 is 2.93 bits per heavy atom. The van der Waals surface area contributed by atoms with Gasteiger partial charge in [-0.25, -0.2) is 0 Å². The summed E-state index contributed by atoms with van der Waals surface area (Å²) in [5, 5.41) is 5.85. The summed E-state index contributed by atoms with van der Waals surface area (Å²) in [5.74, 6) is 0. The summed E-state index contributed by atoms with van der Waals surface area (Å²) in [6.45, 7) is 3.54. The van der Waals surface area contributed by atoms with Gasteiger partial charge in [0.05, 0.1) is 5.52 Å². The van der Waals surface area contributed by atoms with Gasteiger partial charge in [-0.2, -0.15) is 5.10 Å². The molecule has 0 aliphatic rings. The molecule has 0 saturated carbocycles. The highest BCUT2D eigenvalue weighted by atomic mass is 35.5. The number of nitrogens with two attached hydrogens (primary N) is 1. The van der Waals surface area contributed by atoms with E-state index in [0.29, 0.717) is 11.7 Å². The average Bonchev–Trinajstić information content (AvgIpc) is 2.56. The lowest BCUT2D eigenvalue weighted by Crippen LogP contribution is -2.02. The zero-order valence-corrected chi connectivity index (χ0v) is 9.46.